The van der Waals surface area contributed by atoms with Gasteiger partial charge in [-0.15, -0.1) is 0 Å². The van der Waals surface area contributed by atoms with E-state index in [9.17, 15) is 4.39 Å². The highest BCUT2D eigenvalue weighted by Crippen LogP contribution is 2.05. The lowest BCUT2D eigenvalue weighted by molar-refractivity contribution is 0.210. The van der Waals surface area contributed by atoms with Crippen molar-refractivity contribution in [3.8, 4) is 0 Å². The van der Waals surface area contributed by atoms with Gasteiger partial charge in [0, 0.05) is 12.6 Å². The van der Waals surface area contributed by atoms with Crippen LogP contribution in [0, 0.1) is 11.7 Å². The molecule has 0 saturated heterocycles. The van der Waals surface area contributed by atoms with Crippen LogP contribution in [0.4, 0.5) is 4.39 Å². The zero-order valence-corrected chi connectivity index (χ0v) is 9.20. The van der Waals surface area contributed by atoms with Crippen LogP contribution < -0.4 is 5.32 Å². The van der Waals surface area contributed by atoms with Gasteiger partial charge in [0.15, 0.2) is 0 Å². The molecule has 1 aromatic rings. The lowest BCUT2D eigenvalue weighted by Gasteiger charge is -2.19. The fraction of sp³-hybridized carbons (Fsp3) is 0.500. The number of halogens is 1. The molecule has 0 aliphatic heterocycles. The number of hydrogen-bond acceptors (Lipinski definition) is 2. The Morgan fingerprint density at radius 3 is 2.33 bits per heavy atom. The van der Waals surface area contributed by atoms with Crippen LogP contribution in [0.15, 0.2) is 24.3 Å². The van der Waals surface area contributed by atoms with Crippen LogP contribution >= 0.6 is 0 Å². The summed E-state index contributed by atoms with van der Waals surface area (Å²) < 4.78 is 12.6. The molecule has 0 aliphatic carbocycles. The zero-order valence-electron chi connectivity index (χ0n) is 9.20. The molecule has 0 fully saturated rings. The Morgan fingerprint density at radius 1 is 1.27 bits per heavy atom. The van der Waals surface area contributed by atoms with Gasteiger partial charge in [0.1, 0.15) is 5.82 Å². The van der Waals surface area contributed by atoms with Gasteiger partial charge in [-0.1, -0.05) is 26.0 Å². The molecule has 1 aromatic carbocycles. The van der Waals surface area contributed by atoms with Crippen LogP contribution in [-0.4, -0.2) is 17.8 Å². The maximum absolute atomic E-state index is 12.6. The highest BCUT2D eigenvalue weighted by atomic mass is 19.1. The van der Waals surface area contributed by atoms with Gasteiger partial charge in [0.05, 0.1) is 6.61 Å². The first kappa shape index (κ1) is 12.1. The Bertz CT molecular complexity index is 284. The standard InChI is InChI=1S/C12H18FNO/c1-9(2)12(8-15)14-7-10-3-5-11(13)6-4-10/h3-6,9,12,14-15H,7-8H2,1-2H3/t12-/m0/s1. The van der Waals surface area contributed by atoms with E-state index in [-0.39, 0.29) is 18.5 Å². The Labute approximate surface area is 90.1 Å². The van der Waals surface area contributed by atoms with Crippen molar-refractivity contribution in [3.05, 3.63) is 35.6 Å². The number of rotatable bonds is 5. The minimum Gasteiger partial charge on any atom is -0.395 e. The van der Waals surface area contributed by atoms with Crippen molar-refractivity contribution in [3.63, 3.8) is 0 Å². The third-order valence-corrected chi connectivity index (χ3v) is 2.48. The molecule has 1 atom stereocenters. The van der Waals surface area contributed by atoms with Crippen LogP contribution in [0.25, 0.3) is 0 Å². The molecule has 0 radical (unpaired) electrons. The minimum absolute atomic E-state index is 0.0926. The SMILES string of the molecule is CC(C)[C@H](CO)NCc1ccc(F)cc1. The lowest BCUT2D eigenvalue weighted by Crippen LogP contribution is -2.36. The van der Waals surface area contributed by atoms with E-state index in [2.05, 4.69) is 19.2 Å². The number of aliphatic hydroxyl groups is 1. The quantitative estimate of drug-likeness (QED) is 0.780. The van der Waals surface area contributed by atoms with Crippen molar-refractivity contribution in [2.45, 2.75) is 26.4 Å². The molecule has 2 N–H and O–H groups in total. The highest BCUT2D eigenvalue weighted by Gasteiger charge is 2.10. The molecule has 0 aliphatic rings. The molecule has 0 bridgehead atoms. The van der Waals surface area contributed by atoms with Crippen LogP contribution in [0.5, 0.6) is 0 Å². The molecule has 0 unspecified atom stereocenters. The lowest BCUT2D eigenvalue weighted by atomic mass is 10.1. The average molecular weight is 211 g/mol. The summed E-state index contributed by atoms with van der Waals surface area (Å²) in [5.41, 5.74) is 1.02. The average Bonchev–Trinajstić information content (AvgIpc) is 2.21. The van der Waals surface area contributed by atoms with Crippen LogP contribution in [0.3, 0.4) is 0 Å². The van der Waals surface area contributed by atoms with Gasteiger partial charge >= 0.3 is 0 Å². The van der Waals surface area contributed by atoms with Gasteiger partial charge in [0.2, 0.25) is 0 Å². The molecule has 15 heavy (non-hydrogen) atoms. The summed E-state index contributed by atoms with van der Waals surface area (Å²) in [6.07, 6.45) is 0. The van der Waals surface area contributed by atoms with Gasteiger partial charge < -0.3 is 10.4 Å². The fourth-order valence-corrected chi connectivity index (χ4v) is 1.36. The molecule has 0 heterocycles. The van der Waals surface area contributed by atoms with Crippen molar-refractivity contribution in [1.29, 1.82) is 0 Å². The summed E-state index contributed by atoms with van der Waals surface area (Å²) in [5.74, 6) is 0.164. The number of benzene rings is 1. The molecular formula is C12H18FNO. The molecule has 84 valence electrons. The summed E-state index contributed by atoms with van der Waals surface area (Å²) in [7, 11) is 0. The van der Waals surface area contributed by atoms with Crippen molar-refractivity contribution < 1.29 is 9.50 Å². The van der Waals surface area contributed by atoms with Crippen LogP contribution in [-0.2, 0) is 6.54 Å². The van der Waals surface area contributed by atoms with Crippen molar-refractivity contribution >= 4 is 0 Å². The predicted molar refractivity (Wildman–Crippen MR) is 59.0 cm³/mol. The number of hydrogen-bond donors (Lipinski definition) is 2. The van der Waals surface area contributed by atoms with Gasteiger partial charge in [-0.3, -0.25) is 0 Å². The smallest absolute Gasteiger partial charge is 0.123 e. The molecule has 1 rings (SSSR count). The Balaban J connectivity index is 2.45. The van der Waals surface area contributed by atoms with Crippen molar-refractivity contribution in [2.75, 3.05) is 6.61 Å². The molecule has 2 nitrogen and oxygen atoms in total. The molecule has 0 spiro atoms. The van der Waals surface area contributed by atoms with E-state index in [0.717, 1.165) is 5.56 Å². The van der Waals surface area contributed by atoms with Crippen LogP contribution in [0.2, 0.25) is 0 Å². The maximum atomic E-state index is 12.6. The largest absolute Gasteiger partial charge is 0.395 e. The van der Waals surface area contributed by atoms with Gasteiger partial charge in [-0.25, -0.2) is 4.39 Å². The molecule has 3 heteroatoms. The second-order valence-corrected chi connectivity index (χ2v) is 4.04. The first-order chi connectivity index (χ1) is 7.13. The third kappa shape index (κ3) is 3.98. The second-order valence-electron chi connectivity index (χ2n) is 4.04. The topological polar surface area (TPSA) is 32.3 Å². The van der Waals surface area contributed by atoms with E-state index in [0.29, 0.717) is 12.5 Å². The second kappa shape index (κ2) is 5.83. The monoisotopic (exact) mass is 211 g/mol. The third-order valence-electron chi connectivity index (χ3n) is 2.48. The van der Waals surface area contributed by atoms with Crippen molar-refractivity contribution in [1.82, 2.24) is 5.32 Å². The molecule has 0 saturated carbocycles. The summed E-state index contributed by atoms with van der Waals surface area (Å²) in [6.45, 7) is 4.89. The summed E-state index contributed by atoms with van der Waals surface area (Å²) >= 11 is 0. The Hall–Kier alpha value is -0.930. The van der Waals surface area contributed by atoms with E-state index in [1.807, 2.05) is 0 Å². The van der Waals surface area contributed by atoms with E-state index >= 15 is 0 Å². The summed E-state index contributed by atoms with van der Waals surface area (Å²) in [6, 6.07) is 6.48. The molecular weight excluding hydrogens is 193 g/mol. The van der Waals surface area contributed by atoms with Gasteiger partial charge in [-0.05, 0) is 23.6 Å². The fourth-order valence-electron chi connectivity index (χ4n) is 1.36. The van der Waals surface area contributed by atoms with E-state index in [1.165, 1.54) is 12.1 Å². The molecule has 0 amide bonds. The predicted octanol–water partition coefficient (Wildman–Crippen LogP) is 1.93. The summed E-state index contributed by atoms with van der Waals surface area (Å²) in [4.78, 5) is 0. The summed E-state index contributed by atoms with van der Waals surface area (Å²) in [5, 5.41) is 12.3. The van der Waals surface area contributed by atoms with Gasteiger partial charge in [-0.2, -0.15) is 0 Å². The normalized spacial score (nSPS) is 13.1. The highest BCUT2D eigenvalue weighted by molar-refractivity contribution is 5.15. The first-order valence-corrected chi connectivity index (χ1v) is 5.22. The Morgan fingerprint density at radius 2 is 1.87 bits per heavy atom. The van der Waals surface area contributed by atoms with E-state index in [1.54, 1.807) is 12.1 Å². The maximum Gasteiger partial charge on any atom is 0.123 e. The van der Waals surface area contributed by atoms with Crippen molar-refractivity contribution in [2.24, 2.45) is 5.92 Å². The number of aliphatic hydroxyl groups excluding tert-OH is 1. The first-order valence-electron chi connectivity index (χ1n) is 5.22. The Kier molecular flexibility index (Phi) is 4.72. The van der Waals surface area contributed by atoms with E-state index < -0.39 is 0 Å². The molecule has 0 aromatic heterocycles. The van der Waals surface area contributed by atoms with Gasteiger partial charge in [0.25, 0.3) is 0 Å². The number of nitrogens with one attached hydrogen (secondary N) is 1. The minimum atomic E-state index is -0.221. The zero-order chi connectivity index (χ0) is 11.3. The van der Waals surface area contributed by atoms with Crippen LogP contribution in [0.1, 0.15) is 19.4 Å². The van der Waals surface area contributed by atoms with E-state index in [4.69, 9.17) is 5.11 Å².